The molecule has 0 spiro atoms. The van der Waals surface area contributed by atoms with Gasteiger partial charge in [-0.25, -0.2) is 4.98 Å². The van der Waals surface area contributed by atoms with E-state index in [2.05, 4.69) is 15.3 Å². The van der Waals surface area contributed by atoms with E-state index in [0.29, 0.717) is 0 Å². The second kappa shape index (κ2) is 8.10. The quantitative estimate of drug-likeness (QED) is 0.717. The van der Waals surface area contributed by atoms with Crippen molar-refractivity contribution in [1.82, 2.24) is 15.3 Å². The molecule has 2 heterocycles. The number of carbonyl (C=O) groups excluding carboxylic acids is 1. The number of pyridine rings is 1. The Morgan fingerprint density at radius 3 is 2.92 bits per heavy atom. The predicted octanol–water partition coefficient (Wildman–Crippen LogP) is 3.94. The van der Waals surface area contributed by atoms with E-state index >= 15 is 0 Å². The number of hydrogen-bond acceptors (Lipinski definition) is 5. The van der Waals surface area contributed by atoms with Crippen LogP contribution in [0.2, 0.25) is 0 Å². The van der Waals surface area contributed by atoms with E-state index in [1.165, 1.54) is 11.3 Å². The minimum Gasteiger partial charge on any atom is -0.496 e. The van der Waals surface area contributed by atoms with Crippen LogP contribution in [0.3, 0.4) is 0 Å². The van der Waals surface area contributed by atoms with Crippen LogP contribution in [0.4, 0.5) is 0 Å². The first kappa shape index (κ1) is 18.1. The molecule has 0 fully saturated rings. The van der Waals surface area contributed by atoms with Crippen molar-refractivity contribution >= 4 is 17.2 Å². The lowest BCUT2D eigenvalue weighted by atomic mass is 10.0. The number of aromatic nitrogens is 2. The van der Waals surface area contributed by atoms with Crippen LogP contribution in [0.15, 0.2) is 48.1 Å². The Bertz CT molecular complexity index is 893. The molecule has 2 aromatic heterocycles. The first-order valence-corrected chi connectivity index (χ1v) is 9.23. The van der Waals surface area contributed by atoms with E-state index < -0.39 is 0 Å². The van der Waals surface area contributed by atoms with E-state index in [4.69, 9.17) is 4.74 Å². The molecule has 0 aliphatic heterocycles. The van der Waals surface area contributed by atoms with Crippen LogP contribution >= 0.6 is 11.3 Å². The van der Waals surface area contributed by atoms with Gasteiger partial charge in [-0.05, 0) is 32.0 Å². The molecule has 0 radical (unpaired) electrons. The monoisotopic (exact) mass is 367 g/mol. The molecule has 6 heteroatoms. The van der Waals surface area contributed by atoms with Gasteiger partial charge in [0.25, 0.3) is 0 Å². The van der Waals surface area contributed by atoms with Gasteiger partial charge in [-0.1, -0.05) is 17.7 Å². The van der Waals surface area contributed by atoms with Gasteiger partial charge in [0.05, 0.1) is 25.3 Å². The predicted molar refractivity (Wildman–Crippen MR) is 103 cm³/mol. The molecule has 1 aromatic carbocycles. The highest BCUT2D eigenvalue weighted by Crippen LogP contribution is 2.26. The summed E-state index contributed by atoms with van der Waals surface area (Å²) in [7, 11) is 1.64. The fourth-order valence-electron chi connectivity index (χ4n) is 2.74. The summed E-state index contributed by atoms with van der Waals surface area (Å²) in [5.74, 6) is 0.708. The molecule has 0 saturated heterocycles. The highest BCUT2D eigenvalue weighted by atomic mass is 32.1. The number of rotatable bonds is 6. The van der Waals surface area contributed by atoms with Crippen LogP contribution in [0.25, 0.3) is 10.6 Å². The zero-order chi connectivity index (χ0) is 18.5. The van der Waals surface area contributed by atoms with Crippen molar-refractivity contribution in [1.29, 1.82) is 0 Å². The summed E-state index contributed by atoms with van der Waals surface area (Å²) in [4.78, 5) is 21.1. The van der Waals surface area contributed by atoms with Gasteiger partial charge < -0.3 is 10.1 Å². The molecule has 0 bridgehead atoms. The highest BCUT2D eigenvalue weighted by molar-refractivity contribution is 7.13. The van der Waals surface area contributed by atoms with Gasteiger partial charge in [0.2, 0.25) is 5.91 Å². The van der Waals surface area contributed by atoms with Gasteiger partial charge in [-0.2, -0.15) is 0 Å². The lowest BCUT2D eigenvalue weighted by Gasteiger charge is -2.17. The van der Waals surface area contributed by atoms with Crippen molar-refractivity contribution in [2.75, 3.05) is 7.11 Å². The van der Waals surface area contributed by atoms with E-state index in [1.807, 2.05) is 49.6 Å². The molecule has 0 aliphatic rings. The minimum absolute atomic E-state index is 0.0657. The van der Waals surface area contributed by atoms with Crippen molar-refractivity contribution in [2.24, 2.45) is 0 Å². The standard InChI is InChI=1S/C20H21N3O2S/c1-13-6-7-18(25-3)17(9-13)14(2)22-19(24)10-16-12-26-20(23-16)15-5-4-8-21-11-15/h4-9,11-12,14H,10H2,1-3H3,(H,22,24). The maximum atomic E-state index is 12.4. The molecule has 26 heavy (non-hydrogen) atoms. The van der Waals surface area contributed by atoms with Crippen molar-refractivity contribution in [2.45, 2.75) is 26.3 Å². The van der Waals surface area contributed by atoms with Gasteiger partial charge in [0, 0.05) is 28.9 Å². The Labute approximate surface area is 157 Å². The number of benzene rings is 1. The number of ether oxygens (including phenoxy) is 1. The maximum Gasteiger partial charge on any atom is 0.226 e. The van der Waals surface area contributed by atoms with Crippen molar-refractivity contribution in [3.05, 3.63) is 64.9 Å². The molecule has 5 nitrogen and oxygen atoms in total. The van der Waals surface area contributed by atoms with Crippen LogP contribution < -0.4 is 10.1 Å². The SMILES string of the molecule is COc1ccc(C)cc1C(C)NC(=O)Cc1csc(-c2cccnc2)n1. The van der Waals surface area contributed by atoms with Crippen molar-refractivity contribution in [3.8, 4) is 16.3 Å². The third kappa shape index (κ3) is 4.26. The Hall–Kier alpha value is -2.73. The summed E-state index contributed by atoms with van der Waals surface area (Å²) in [6.45, 7) is 3.98. The van der Waals surface area contributed by atoms with Gasteiger partial charge in [0.15, 0.2) is 0 Å². The van der Waals surface area contributed by atoms with Gasteiger partial charge in [-0.3, -0.25) is 9.78 Å². The number of thiazole rings is 1. The number of carbonyl (C=O) groups is 1. The first-order valence-electron chi connectivity index (χ1n) is 8.35. The number of nitrogens with one attached hydrogen (secondary N) is 1. The lowest BCUT2D eigenvalue weighted by molar-refractivity contribution is -0.121. The molecule has 3 rings (SSSR count). The Balaban J connectivity index is 1.66. The molecule has 1 atom stereocenters. The largest absolute Gasteiger partial charge is 0.496 e. The molecule has 3 aromatic rings. The van der Waals surface area contributed by atoms with Crippen LogP contribution in [0.5, 0.6) is 5.75 Å². The zero-order valence-electron chi connectivity index (χ0n) is 15.0. The van der Waals surface area contributed by atoms with Crippen LogP contribution in [-0.4, -0.2) is 23.0 Å². The average molecular weight is 367 g/mol. The van der Waals surface area contributed by atoms with E-state index in [0.717, 1.165) is 33.1 Å². The number of methoxy groups -OCH3 is 1. The summed E-state index contributed by atoms with van der Waals surface area (Å²) in [5.41, 5.74) is 3.81. The number of hydrogen-bond donors (Lipinski definition) is 1. The molecular formula is C20H21N3O2S. The normalized spacial score (nSPS) is 11.8. The van der Waals surface area contributed by atoms with E-state index in [-0.39, 0.29) is 18.4 Å². The summed E-state index contributed by atoms with van der Waals surface area (Å²) >= 11 is 1.52. The molecule has 1 N–H and O–H groups in total. The molecule has 0 aliphatic carbocycles. The van der Waals surface area contributed by atoms with Crippen LogP contribution in [-0.2, 0) is 11.2 Å². The van der Waals surface area contributed by atoms with Gasteiger partial charge >= 0.3 is 0 Å². The number of aryl methyl sites for hydroxylation is 1. The minimum atomic E-state index is -0.145. The second-order valence-electron chi connectivity index (χ2n) is 6.10. The topological polar surface area (TPSA) is 64.1 Å². The Kier molecular flexibility index (Phi) is 5.63. The number of nitrogens with zero attached hydrogens (tertiary/aromatic N) is 2. The van der Waals surface area contributed by atoms with Crippen LogP contribution in [0, 0.1) is 6.92 Å². The summed E-state index contributed by atoms with van der Waals surface area (Å²) < 4.78 is 5.41. The molecule has 134 valence electrons. The summed E-state index contributed by atoms with van der Waals surface area (Å²) in [6.07, 6.45) is 3.75. The average Bonchev–Trinajstić information content (AvgIpc) is 3.10. The van der Waals surface area contributed by atoms with Crippen molar-refractivity contribution in [3.63, 3.8) is 0 Å². The molecular weight excluding hydrogens is 346 g/mol. The first-order chi connectivity index (χ1) is 12.6. The second-order valence-corrected chi connectivity index (χ2v) is 6.96. The summed E-state index contributed by atoms with van der Waals surface area (Å²) in [5, 5.41) is 5.82. The third-order valence-electron chi connectivity index (χ3n) is 4.03. The van der Waals surface area contributed by atoms with Gasteiger partial charge in [-0.15, -0.1) is 11.3 Å². The van der Waals surface area contributed by atoms with Crippen molar-refractivity contribution < 1.29 is 9.53 Å². The Morgan fingerprint density at radius 2 is 2.19 bits per heavy atom. The Morgan fingerprint density at radius 1 is 1.35 bits per heavy atom. The van der Waals surface area contributed by atoms with Crippen LogP contribution in [0.1, 0.15) is 29.8 Å². The maximum absolute atomic E-state index is 12.4. The molecule has 1 amide bonds. The zero-order valence-corrected chi connectivity index (χ0v) is 15.8. The molecule has 0 saturated carbocycles. The number of amides is 1. The van der Waals surface area contributed by atoms with E-state index in [9.17, 15) is 4.79 Å². The molecule has 1 unspecified atom stereocenters. The van der Waals surface area contributed by atoms with Gasteiger partial charge in [0.1, 0.15) is 10.8 Å². The highest BCUT2D eigenvalue weighted by Gasteiger charge is 2.16. The summed E-state index contributed by atoms with van der Waals surface area (Å²) in [6, 6.07) is 9.64. The fraction of sp³-hybridized carbons (Fsp3) is 0.250. The van der Waals surface area contributed by atoms with E-state index in [1.54, 1.807) is 19.5 Å². The fourth-order valence-corrected chi connectivity index (χ4v) is 3.55. The lowest BCUT2D eigenvalue weighted by Crippen LogP contribution is -2.28. The smallest absolute Gasteiger partial charge is 0.226 e. The third-order valence-corrected chi connectivity index (χ3v) is 4.97.